The zero-order chi connectivity index (χ0) is 12.5. The SMILES string of the molecule is C=CCN(CCOC)CCn1cc(CN)nn1. The van der Waals surface area contributed by atoms with Gasteiger partial charge in [0.25, 0.3) is 0 Å². The number of nitrogens with zero attached hydrogens (tertiary/aromatic N) is 4. The summed E-state index contributed by atoms with van der Waals surface area (Å²) < 4.78 is 6.88. The predicted molar refractivity (Wildman–Crippen MR) is 66.4 cm³/mol. The van der Waals surface area contributed by atoms with E-state index in [-0.39, 0.29) is 0 Å². The lowest BCUT2D eigenvalue weighted by Gasteiger charge is -2.19. The average molecular weight is 239 g/mol. The minimum Gasteiger partial charge on any atom is -0.383 e. The van der Waals surface area contributed by atoms with Gasteiger partial charge in [-0.1, -0.05) is 11.3 Å². The Hall–Kier alpha value is -1.24. The second kappa shape index (κ2) is 7.94. The van der Waals surface area contributed by atoms with E-state index in [0.717, 1.165) is 38.5 Å². The smallest absolute Gasteiger partial charge is 0.0962 e. The maximum Gasteiger partial charge on any atom is 0.0962 e. The van der Waals surface area contributed by atoms with E-state index in [9.17, 15) is 0 Å². The van der Waals surface area contributed by atoms with Crippen molar-refractivity contribution in [3.63, 3.8) is 0 Å². The molecule has 0 aliphatic heterocycles. The van der Waals surface area contributed by atoms with Crippen molar-refractivity contribution < 1.29 is 4.74 Å². The Morgan fingerprint density at radius 1 is 1.59 bits per heavy atom. The van der Waals surface area contributed by atoms with Crippen LogP contribution in [0.15, 0.2) is 18.9 Å². The van der Waals surface area contributed by atoms with Crippen LogP contribution in [0.2, 0.25) is 0 Å². The molecular formula is C11H21N5O. The Morgan fingerprint density at radius 2 is 2.41 bits per heavy atom. The monoisotopic (exact) mass is 239 g/mol. The molecule has 0 saturated heterocycles. The number of aromatic nitrogens is 3. The molecule has 0 atom stereocenters. The summed E-state index contributed by atoms with van der Waals surface area (Å²) in [5, 5.41) is 7.95. The van der Waals surface area contributed by atoms with E-state index in [1.165, 1.54) is 0 Å². The van der Waals surface area contributed by atoms with Crippen LogP contribution < -0.4 is 5.73 Å². The summed E-state index contributed by atoms with van der Waals surface area (Å²) in [7, 11) is 1.71. The molecule has 6 nitrogen and oxygen atoms in total. The van der Waals surface area contributed by atoms with Crippen molar-refractivity contribution in [2.75, 3.05) is 33.4 Å². The molecule has 96 valence electrons. The summed E-state index contributed by atoms with van der Waals surface area (Å²) in [6, 6.07) is 0. The van der Waals surface area contributed by atoms with Gasteiger partial charge in [-0.15, -0.1) is 11.7 Å². The molecule has 0 aliphatic rings. The van der Waals surface area contributed by atoms with Crippen molar-refractivity contribution in [1.29, 1.82) is 0 Å². The summed E-state index contributed by atoms with van der Waals surface area (Å²) in [6.07, 6.45) is 3.77. The van der Waals surface area contributed by atoms with Gasteiger partial charge < -0.3 is 10.5 Å². The number of ether oxygens (including phenoxy) is 1. The lowest BCUT2D eigenvalue weighted by molar-refractivity contribution is 0.151. The molecule has 2 N–H and O–H groups in total. The van der Waals surface area contributed by atoms with Crippen LogP contribution in [0.4, 0.5) is 0 Å². The third kappa shape index (κ3) is 5.08. The first-order valence-corrected chi connectivity index (χ1v) is 5.71. The van der Waals surface area contributed by atoms with Gasteiger partial charge in [0.05, 0.1) is 18.8 Å². The Bertz CT molecular complexity index is 325. The van der Waals surface area contributed by atoms with Crippen LogP contribution in [0.5, 0.6) is 0 Å². The fourth-order valence-electron chi connectivity index (χ4n) is 1.48. The summed E-state index contributed by atoms with van der Waals surface area (Å²) in [4.78, 5) is 2.25. The molecule has 1 aromatic heterocycles. The van der Waals surface area contributed by atoms with Crippen LogP contribution in [0.25, 0.3) is 0 Å². The largest absolute Gasteiger partial charge is 0.383 e. The molecule has 1 rings (SSSR count). The molecule has 0 amide bonds. The molecule has 0 fully saturated rings. The van der Waals surface area contributed by atoms with Gasteiger partial charge in [-0.2, -0.15) is 0 Å². The second-order valence-electron chi connectivity index (χ2n) is 3.76. The molecule has 6 heteroatoms. The van der Waals surface area contributed by atoms with Crippen molar-refractivity contribution >= 4 is 0 Å². The fraction of sp³-hybridized carbons (Fsp3) is 0.636. The molecule has 0 spiro atoms. The van der Waals surface area contributed by atoms with E-state index < -0.39 is 0 Å². The molecule has 1 aromatic rings. The first kappa shape index (κ1) is 13.8. The van der Waals surface area contributed by atoms with Crippen LogP contribution in [0.3, 0.4) is 0 Å². The van der Waals surface area contributed by atoms with Crippen LogP contribution in [0.1, 0.15) is 5.69 Å². The predicted octanol–water partition coefficient (Wildman–Crippen LogP) is -0.129. The molecule has 0 aliphatic carbocycles. The minimum atomic E-state index is 0.431. The zero-order valence-electron chi connectivity index (χ0n) is 10.4. The molecule has 0 unspecified atom stereocenters. The van der Waals surface area contributed by atoms with Gasteiger partial charge in [0.1, 0.15) is 0 Å². The zero-order valence-corrected chi connectivity index (χ0v) is 10.4. The Kier molecular flexibility index (Phi) is 6.46. The topological polar surface area (TPSA) is 69.2 Å². The van der Waals surface area contributed by atoms with Crippen LogP contribution >= 0.6 is 0 Å². The molecule has 0 bridgehead atoms. The number of hydrogen-bond acceptors (Lipinski definition) is 5. The lowest BCUT2D eigenvalue weighted by Crippen LogP contribution is -2.31. The van der Waals surface area contributed by atoms with Gasteiger partial charge in [-0.3, -0.25) is 9.58 Å². The van der Waals surface area contributed by atoms with Gasteiger partial charge in [0.15, 0.2) is 0 Å². The van der Waals surface area contributed by atoms with Gasteiger partial charge in [-0.05, 0) is 0 Å². The molecular weight excluding hydrogens is 218 g/mol. The Balaban J connectivity index is 2.36. The summed E-state index contributed by atoms with van der Waals surface area (Å²) in [5.41, 5.74) is 6.29. The van der Waals surface area contributed by atoms with E-state index in [1.54, 1.807) is 7.11 Å². The lowest BCUT2D eigenvalue weighted by atomic mass is 10.4. The third-order valence-electron chi connectivity index (χ3n) is 2.44. The Morgan fingerprint density at radius 3 is 3.00 bits per heavy atom. The number of methoxy groups -OCH3 is 1. The van der Waals surface area contributed by atoms with Gasteiger partial charge in [-0.25, -0.2) is 0 Å². The third-order valence-corrected chi connectivity index (χ3v) is 2.44. The molecule has 0 saturated carbocycles. The molecule has 0 aromatic carbocycles. The van der Waals surface area contributed by atoms with E-state index in [4.69, 9.17) is 10.5 Å². The maximum atomic E-state index is 5.48. The summed E-state index contributed by atoms with van der Waals surface area (Å²) >= 11 is 0. The highest BCUT2D eigenvalue weighted by molar-refractivity contribution is 4.90. The highest BCUT2D eigenvalue weighted by Crippen LogP contribution is 1.94. The summed E-state index contributed by atoms with van der Waals surface area (Å²) in [6.45, 7) is 8.33. The minimum absolute atomic E-state index is 0.431. The first-order chi connectivity index (χ1) is 8.30. The van der Waals surface area contributed by atoms with E-state index in [0.29, 0.717) is 6.54 Å². The highest BCUT2D eigenvalue weighted by atomic mass is 16.5. The maximum absolute atomic E-state index is 5.48. The fourth-order valence-corrected chi connectivity index (χ4v) is 1.48. The van der Waals surface area contributed by atoms with Crippen LogP contribution in [-0.4, -0.2) is 53.2 Å². The van der Waals surface area contributed by atoms with Crippen LogP contribution in [0, 0.1) is 0 Å². The second-order valence-corrected chi connectivity index (χ2v) is 3.76. The highest BCUT2D eigenvalue weighted by Gasteiger charge is 2.04. The quantitative estimate of drug-likeness (QED) is 0.608. The van der Waals surface area contributed by atoms with Gasteiger partial charge >= 0.3 is 0 Å². The molecule has 17 heavy (non-hydrogen) atoms. The normalized spacial score (nSPS) is 11.0. The van der Waals surface area contributed by atoms with Crippen molar-refractivity contribution in [3.8, 4) is 0 Å². The van der Waals surface area contributed by atoms with Crippen molar-refractivity contribution in [2.45, 2.75) is 13.1 Å². The number of rotatable bonds is 9. The van der Waals surface area contributed by atoms with Crippen molar-refractivity contribution in [2.24, 2.45) is 5.73 Å². The average Bonchev–Trinajstić information content (AvgIpc) is 2.80. The Labute approximate surface area is 102 Å². The van der Waals surface area contributed by atoms with E-state index in [1.807, 2.05) is 17.0 Å². The summed E-state index contributed by atoms with van der Waals surface area (Å²) in [5.74, 6) is 0. The first-order valence-electron chi connectivity index (χ1n) is 5.71. The number of nitrogens with two attached hydrogens (primary N) is 1. The van der Waals surface area contributed by atoms with E-state index >= 15 is 0 Å². The van der Waals surface area contributed by atoms with Crippen LogP contribution in [-0.2, 0) is 17.8 Å². The number of hydrogen-bond donors (Lipinski definition) is 1. The molecule has 0 radical (unpaired) electrons. The van der Waals surface area contributed by atoms with E-state index in [2.05, 4.69) is 21.8 Å². The van der Waals surface area contributed by atoms with Crippen molar-refractivity contribution in [1.82, 2.24) is 19.9 Å². The molecule has 1 heterocycles. The van der Waals surface area contributed by atoms with Gasteiger partial charge in [0, 0.05) is 39.5 Å². The van der Waals surface area contributed by atoms with Gasteiger partial charge in [0.2, 0.25) is 0 Å². The standard InChI is InChI=1S/C11H21N5O/c1-3-4-15(7-8-17-2)5-6-16-10-11(9-12)13-14-16/h3,10H,1,4-9,12H2,2H3. The van der Waals surface area contributed by atoms with Crippen molar-refractivity contribution in [3.05, 3.63) is 24.5 Å².